The molecule has 0 rings (SSSR count). The van der Waals surface area contributed by atoms with Gasteiger partial charge in [0.05, 0.1) is 6.42 Å². The molecule has 0 atom stereocenters. The lowest BCUT2D eigenvalue weighted by molar-refractivity contribution is -0.125. The standard InChI is InChI=1S/C6H7F3O/c1-5(10)3-2-4-6(7,8)9/h2-3H,4H2,1H3. The molecule has 0 N–H and O–H groups in total. The Kier molecular flexibility index (Phi) is 3.12. The summed E-state index contributed by atoms with van der Waals surface area (Å²) >= 11 is 0. The maximum absolute atomic E-state index is 11.3. The SMILES string of the molecule is CC(=O)C=CCC(F)(F)F. The Balaban J connectivity index is 3.64. The van der Waals surface area contributed by atoms with E-state index in [0.29, 0.717) is 0 Å². The fourth-order valence-electron chi connectivity index (χ4n) is 0.359. The van der Waals surface area contributed by atoms with Crippen LogP contribution in [0.5, 0.6) is 0 Å². The number of carbonyl (C=O) groups excluding carboxylic acids is 1. The van der Waals surface area contributed by atoms with Gasteiger partial charge in [0.15, 0.2) is 5.78 Å². The van der Waals surface area contributed by atoms with Crippen molar-refractivity contribution in [3.05, 3.63) is 12.2 Å². The molecule has 0 aromatic heterocycles. The van der Waals surface area contributed by atoms with Gasteiger partial charge in [0.25, 0.3) is 0 Å². The van der Waals surface area contributed by atoms with Crippen molar-refractivity contribution >= 4 is 5.78 Å². The molecular formula is C6H7F3O. The first-order chi connectivity index (χ1) is 4.42. The molecule has 0 heterocycles. The summed E-state index contributed by atoms with van der Waals surface area (Å²) in [5.74, 6) is -0.371. The molecule has 0 aliphatic rings. The smallest absolute Gasteiger partial charge is 0.295 e. The van der Waals surface area contributed by atoms with Crippen LogP contribution >= 0.6 is 0 Å². The van der Waals surface area contributed by atoms with Crippen molar-refractivity contribution in [2.24, 2.45) is 0 Å². The van der Waals surface area contributed by atoms with Gasteiger partial charge in [0.1, 0.15) is 0 Å². The number of rotatable bonds is 2. The first kappa shape index (κ1) is 9.20. The summed E-state index contributed by atoms with van der Waals surface area (Å²) in [5.41, 5.74) is 0. The van der Waals surface area contributed by atoms with Gasteiger partial charge in [-0.05, 0) is 13.0 Å². The van der Waals surface area contributed by atoms with Crippen LogP contribution in [0.15, 0.2) is 12.2 Å². The van der Waals surface area contributed by atoms with E-state index in [1.54, 1.807) is 0 Å². The predicted octanol–water partition coefficient (Wildman–Crippen LogP) is 2.08. The Morgan fingerprint density at radius 1 is 1.50 bits per heavy atom. The molecule has 0 aliphatic heterocycles. The first-order valence-corrected chi connectivity index (χ1v) is 2.65. The Bertz CT molecular complexity index is 146. The zero-order valence-electron chi connectivity index (χ0n) is 5.40. The largest absolute Gasteiger partial charge is 0.392 e. The summed E-state index contributed by atoms with van der Waals surface area (Å²) in [6.07, 6.45) is -3.52. The van der Waals surface area contributed by atoms with Crippen molar-refractivity contribution < 1.29 is 18.0 Å². The lowest BCUT2D eigenvalue weighted by Crippen LogP contribution is -2.04. The fraction of sp³-hybridized carbons (Fsp3) is 0.500. The van der Waals surface area contributed by atoms with E-state index in [4.69, 9.17) is 0 Å². The van der Waals surface area contributed by atoms with Gasteiger partial charge < -0.3 is 0 Å². The Labute approximate surface area is 56.5 Å². The van der Waals surface area contributed by atoms with E-state index in [0.717, 1.165) is 12.2 Å². The molecule has 0 saturated heterocycles. The molecule has 0 spiro atoms. The summed E-state index contributed by atoms with van der Waals surface area (Å²) < 4.78 is 34.0. The van der Waals surface area contributed by atoms with Gasteiger partial charge in [-0.3, -0.25) is 4.79 Å². The second-order valence-electron chi connectivity index (χ2n) is 1.83. The van der Waals surface area contributed by atoms with Crippen LogP contribution in [-0.4, -0.2) is 12.0 Å². The molecular weight excluding hydrogens is 145 g/mol. The van der Waals surface area contributed by atoms with Gasteiger partial charge in [-0.15, -0.1) is 0 Å². The molecule has 0 saturated carbocycles. The molecule has 0 amide bonds. The maximum Gasteiger partial charge on any atom is 0.392 e. The molecule has 0 unspecified atom stereocenters. The summed E-state index contributed by atoms with van der Waals surface area (Å²) in [4.78, 5) is 10.1. The fourth-order valence-corrected chi connectivity index (χ4v) is 0.359. The van der Waals surface area contributed by atoms with Crippen molar-refractivity contribution in [2.75, 3.05) is 0 Å². The number of hydrogen-bond acceptors (Lipinski definition) is 1. The van der Waals surface area contributed by atoms with Crippen LogP contribution in [0.3, 0.4) is 0 Å². The minimum atomic E-state index is -4.20. The predicted molar refractivity (Wildman–Crippen MR) is 30.5 cm³/mol. The zero-order chi connectivity index (χ0) is 8.20. The molecule has 0 radical (unpaired) electrons. The minimum Gasteiger partial charge on any atom is -0.295 e. The molecule has 10 heavy (non-hydrogen) atoms. The molecule has 0 aromatic carbocycles. The highest BCUT2D eigenvalue weighted by Gasteiger charge is 2.24. The van der Waals surface area contributed by atoms with Gasteiger partial charge in [-0.2, -0.15) is 13.2 Å². The average Bonchev–Trinajstić information content (AvgIpc) is 1.59. The van der Waals surface area contributed by atoms with Crippen LogP contribution in [0.2, 0.25) is 0 Å². The topological polar surface area (TPSA) is 17.1 Å². The number of hydrogen-bond donors (Lipinski definition) is 0. The summed E-state index contributed by atoms with van der Waals surface area (Å²) in [6.45, 7) is 1.20. The van der Waals surface area contributed by atoms with Crippen molar-refractivity contribution in [3.63, 3.8) is 0 Å². The third-order valence-corrected chi connectivity index (χ3v) is 0.702. The summed E-state index contributed by atoms with van der Waals surface area (Å²) in [5, 5.41) is 0. The van der Waals surface area contributed by atoms with Gasteiger partial charge in [-0.1, -0.05) is 6.08 Å². The van der Waals surface area contributed by atoms with E-state index in [9.17, 15) is 18.0 Å². The summed E-state index contributed by atoms with van der Waals surface area (Å²) in [7, 11) is 0. The molecule has 0 bridgehead atoms. The third kappa shape index (κ3) is 7.20. The van der Waals surface area contributed by atoms with Crippen LogP contribution < -0.4 is 0 Å². The molecule has 1 nitrogen and oxygen atoms in total. The molecule has 0 aliphatic carbocycles. The Morgan fingerprint density at radius 3 is 2.30 bits per heavy atom. The van der Waals surface area contributed by atoms with Gasteiger partial charge in [0, 0.05) is 0 Å². The van der Waals surface area contributed by atoms with Crippen LogP contribution in [-0.2, 0) is 4.79 Å². The van der Waals surface area contributed by atoms with Crippen molar-refractivity contribution in [1.82, 2.24) is 0 Å². The highest BCUT2D eigenvalue weighted by Crippen LogP contribution is 2.19. The first-order valence-electron chi connectivity index (χ1n) is 2.65. The maximum atomic E-state index is 11.3. The number of ketones is 1. The minimum absolute atomic E-state index is 0.371. The number of alkyl halides is 3. The monoisotopic (exact) mass is 152 g/mol. The molecule has 0 fully saturated rings. The zero-order valence-corrected chi connectivity index (χ0v) is 5.40. The molecule has 58 valence electrons. The van der Waals surface area contributed by atoms with Crippen molar-refractivity contribution in [2.45, 2.75) is 19.5 Å². The van der Waals surface area contributed by atoms with E-state index in [1.165, 1.54) is 6.92 Å². The van der Waals surface area contributed by atoms with E-state index in [2.05, 4.69) is 0 Å². The average molecular weight is 152 g/mol. The van der Waals surface area contributed by atoms with Crippen LogP contribution in [0.1, 0.15) is 13.3 Å². The third-order valence-electron chi connectivity index (χ3n) is 0.702. The Morgan fingerprint density at radius 2 is 2.00 bits per heavy atom. The second kappa shape index (κ2) is 3.39. The van der Waals surface area contributed by atoms with Crippen molar-refractivity contribution in [1.29, 1.82) is 0 Å². The van der Waals surface area contributed by atoms with E-state index in [-0.39, 0.29) is 5.78 Å². The Hall–Kier alpha value is -0.800. The van der Waals surface area contributed by atoms with Crippen LogP contribution in [0.4, 0.5) is 13.2 Å². The number of carbonyl (C=O) groups is 1. The normalized spacial score (nSPS) is 12.4. The quantitative estimate of drug-likeness (QED) is 0.553. The number of halogens is 3. The highest BCUT2D eigenvalue weighted by molar-refractivity contribution is 5.87. The second-order valence-corrected chi connectivity index (χ2v) is 1.83. The molecule has 4 heteroatoms. The lowest BCUT2D eigenvalue weighted by Gasteiger charge is -1.98. The van der Waals surface area contributed by atoms with Crippen LogP contribution in [0, 0.1) is 0 Å². The van der Waals surface area contributed by atoms with Gasteiger partial charge in [-0.25, -0.2) is 0 Å². The van der Waals surface area contributed by atoms with Crippen LogP contribution in [0.25, 0.3) is 0 Å². The van der Waals surface area contributed by atoms with Crippen molar-refractivity contribution in [3.8, 4) is 0 Å². The van der Waals surface area contributed by atoms with E-state index >= 15 is 0 Å². The van der Waals surface area contributed by atoms with Gasteiger partial charge >= 0.3 is 6.18 Å². The number of allylic oxidation sites excluding steroid dienone is 2. The van der Waals surface area contributed by atoms with E-state index < -0.39 is 12.6 Å². The van der Waals surface area contributed by atoms with E-state index in [1.807, 2.05) is 0 Å². The molecule has 0 aromatic rings. The van der Waals surface area contributed by atoms with Gasteiger partial charge in [0.2, 0.25) is 0 Å². The lowest BCUT2D eigenvalue weighted by atomic mass is 10.3. The summed E-state index contributed by atoms with van der Waals surface area (Å²) in [6, 6.07) is 0. The highest BCUT2D eigenvalue weighted by atomic mass is 19.4.